The number of rotatable bonds is 5. The lowest BCUT2D eigenvalue weighted by molar-refractivity contribution is -0.134. The van der Waals surface area contributed by atoms with Crippen LogP contribution >= 0.6 is 0 Å². The molecule has 1 saturated heterocycles. The summed E-state index contributed by atoms with van der Waals surface area (Å²) in [4.78, 5) is 33.7. The van der Waals surface area contributed by atoms with Gasteiger partial charge < -0.3 is 9.80 Å². The Morgan fingerprint density at radius 3 is 2.61 bits per heavy atom. The first-order valence-corrected chi connectivity index (χ1v) is 10.6. The summed E-state index contributed by atoms with van der Waals surface area (Å²) in [7, 11) is 0. The van der Waals surface area contributed by atoms with E-state index < -0.39 is 0 Å². The van der Waals surface area contributed by atoms with Crippen LogP contribution in [0.25, 0.3) is 11.1 Å². The van der Waals surface area contributed by atoms with Crippen molar-refractivity contribution in [1.82, 2.24) is 25.0 Å². The van der Waals surface area contributed by atoms with Crippen LogP contribution in [0.3, 0.4) is 0 Å². The molecule has 0 bridgehead atoms. The molecule has 1 N–H and O–H groups in total. The van der Waals surface area contributed by atoms with E-state index in [1.807, 2.05) is 24.0 Å². The maximum Gasteiger partial charge on any atom is 0.291 e. The van der Waals surface area contributed by atoms with E-state index in [4.69, 9.17) is 0 Å². The number of likely N-dealkylation sites (N-methyl/N-ethyl adjacent to an activating group) is 1. The van der Waals surface area contributed by atoms with Gasteiger partial charge in [-0.05, 0) is 37.0 Å². The number of aryl methyl sites for hydroxylation is 1. The highest BCUT2D eigenvalue weighted by Gasteiger charge is 2.33. The molecular formula is C24H27N5O2. The first-order chi connectivity index (χ1) is 15.1. The van der Waals surface area contributed by atoms with Gasteiger partial charge in [-0.2, -0.15) is 5.10 Å². The molecule has 2 aromatic carbocycles. The van der Waals surface area contributed by atoms with Crippen LogP contribution in [0, 0.1) is 12.8 Å². The fraction of sp³-hybridized carbons (Fsp3) is 0.333. The molecular weight excluding hydrogens is 390 g/mol. The number of carbonyl (C=O) groups is 2. The van der Waals surface area contributed by atoms with Crippen molar-refractivity contribution >= 4 is 11.8 Å². The zero-order chi connectivity index (χ0) is 21.8. The molecule has 0 saturated carbocycles. The Hall–Kier alpha value is -3.48. The molecule has 160 valence electrons. The third-order valence-electron chi connectivity index (χ3n) is 5.87. The molecule has 1 fully saturated rings. The first kappa shape index (κ1) is 20.8. The minimum Gasteiger partial charge on any atom is -0.341 e. The molecule has 1 aromatic heterocycles. The minimum atomic E-state index is -0.319. The van der Waals surface area contributed by atoms with E-state index in [9.17, 15) is 9.59 Å². The highest BCUT2D eigenvalue weighted by Crippen LogP contribution is 2.27. The fourth-order valence-corrected chi connectivity index (χ4v) is 4.13. The summed E-state index contributed by atoms with van der Waals surface area (Å²) in [5.41, 5.74) is 4.56. The number of nitrogens with one attached hydrogen (secondary N) is 1. The molecule has 2 heterocycles. The Labute approximate surface area is 182 Å². The summed E-state index contributed by atoms with van der Waals surface area (Å²) in [6.07, 6.45) is 1.89. The van der Waals surface area contributed by atoms with Crippen molar-refractivity contribution in [1.29, 1.82) is 0 Å². The number of hydrogen-bond acceptors (Lipinski definition) is 4. The van der Waals surface area contributed by atoms with Crippen LogP contribution in [0.4, 0.5) is 0 Å². The fourth-order valence-electron chi connectivity index (χ4n) is 4.13. The molecule has 1 aliphatic heterocycles. The number of nitrogens with zero attached hydrogens (tertiary/aromatic N) is 4. The van der Waals surface area contributed by atoms with Crippen molar-refractivity contribution in [3.63, 3.8) is 0 Å². The van der Waals surface area contributed by atoms with E-state index in [0.717, 1.165) is 16.7 Å². The van der Waals surface area contributed by atoms with Crippen molar-refractivity contribution in [3.8, 4) is 11.1 Å². The molecule has 4 rings (SSSR count). The quantitative estimate of drug-likeness (QED) is 0.692. The van der Waals surface area contributed by atoms with Crippen molar-refractivity contribution in [2.75, 3.05) is 26.2 Å². The topological polar surface area (TPSA) is 82.2 Å². The van der Waals surface area contributed by atoms with Crippen LogP contribution in [-0.4, -0.2) is 63.0 Å². The van der Waals surface area contributed by atoms with Gasteiger partial charge in [-0.3, -0.25) is 14.7 Å². The van der Waals surface area contributed by atoms with Crippen molar-refractivity contribution in [2.45, 2.75) is 20.3 Å². The average molecular weight is 418 g/mol. The molecule has 1 atom stereocenters. The van der Waals surface area contributed by atoms with Crippen molar-refractivity contribution in [2.24, 2.45) is 5.92 Å². The van der Waals surface area contributed by atoms with E-state index in [2.05, 4.69) is 58.5 Å². The molecule has 7 heteroatoms. The Morgan fingerprint density at radius 2 is 1.90 bits per heavy atom. The molecule has 0 aliphatic carbocycles. The number of aromatic amines is 1. The summed E-state index contributed by atoms with van der Waals surface area (Å²) in [5, 5.41) is 6.42. The van der Waals surface area contributed by atoms with Crippen LogP contribution in [0.1, 0.15) is 28.7 Å². The summed E-state index contributed by atoms with van der Waals surface area (Å²) < 4.78 is 0. The first-order valence-electron chi connectivity index (χ1n) is 10.6. The van der Waals surface area contributed by atoms with Crippen LogP contribution < -0.4 is 0 Å². The maximum absolute atomic E-state index is 13.3. The van der Waals surface area contributed by atoms with Crippen LogP contribution in [0.15, 0.2) is 54.9 Å². The van der Waals surface area contributed by atoms with Crippen molar-refractivity contribution in [3.05, 3.63) is 71.8 Å². The second-order valence-corrected chi connectivity index (χ2v) is 7.93. The summed E-state index contributed by atoms with van der Waals surface area (Å²) in [6, 6.07) is 16.6. The highest BCUT2D eigenvalue weighted by atomic mass is 16.2. The highest BCUT2D eigenvalue weighted by molar-refractivity contribution is 5.91. The van der Waals surface area contributed by atoms with E-state index in [1.165, 1.54) is 11.9 Å². The molecule has 0 radical (unpaired) electrons. The monoisotopic (exact) mass is 417 g/mol. The van der Waals surface area contributed by atoms with E-state index in [1.54, 1.807) is 4.90 Å². The molecule has 0 spiro atoms. The van der Waals surface area contributed by atoms with Gasteiger partial charge >= 0.3 is 0 Å². The van der Waals surface area contributed by atoms with Crippen molar-refractivity contribution < 1.29 is 9.59 Å². The number of hydrogen-bond donors (Lipinski definition) is 1. The Balaban J connectivity index is 1.63. The molecule has 3 aromatic rings. The van der Waals surface area contributed by atoms with Gasteiger partial charge in [0.25, 0.3) is 5.91 Å². The zero-order valence-corrected chi connectivity index (χ0v) is 17.9. The lowest BCUT2D eigenvalue weighted by Crippen LogP contribution is -2.38. The second kappa shape index (κ2) is 9.12. The molecule has 7 nitrogen and oxygen atoms in total. The lowest BCUT2D eigenvalue weighted by atomic mass is 9.91. The average Bonchev–Trinajstić information content (AvgIpc) is 3.28. The minimum absolute atomic E-state index is 0.0917. The Morgan fingerprint density at radius 1 is 1.13 bits per heavy atom. The zero-order valence-electron chi connectivity index (χ0n) is 17.9. The maximum atomic E-state index is 13.3. The lowest BCUT2D eigenvalue weighted by Gasteiger charge is -2.24. The van der Waals surface area contributed by atoms with Gasteiger partial charge in [0.1, 0.15) is 6.33 Å². The predicted molar refractivity (Wildman–Crippen MR) is 118 cm³/mol. The third-order valence-corrected chi connectivity index (χ3v) is 5.87. The van der Waals surface area contributed by atoms with Gasteiger partial charge in [-0.15, -0.1) is 0 Å². The molecule has 0 unspecified atom stereocenters. The Bertz CT molecular complexity index is 1050. The summed E-state index contributed by atoms with van der Waals surface area (Å²) >= 11 is 0. The van der Waals surface area contributed by atoms with Crippen LogP contribution in [0.2, 0.25) is 0 Å². The van der Waals surface area contributed by atoms with Gasteiger partial charge in [-0.1, -0.05) is 54.1 Å². The number of H-pyrrole nitrogens is 1. The van der Waals surface area contributed by atoms with Crippen LogP contribution in [-0.2, 0) is 11.2 Å². The summed E-state index contributed by atoms with van der Waals surface area (Å²) in [6.45, 7) is 6.03. The van der Waals surface area contributed by atoms with Crippen LogP contribution in [0.5, 0.6) is 0 Å². The van der Waals surface area contributed by atoms with Gasteiger partial charge in [0, 0.05) is 26.2 Å². The van der Waals surface area contributed by atoms with E-state index in [0.29, 0.717) is 32.6 Å². The van der Waals surface area contributed by atoms with Gasteiger partial charge in [0.15, 0.2) is 0 Å². The van der Waals surface area contributed by atoms with E-state index in [-0.39, 0.29) is 23.6 Å². The third kappa shape index (κ3) is 4.50. The van der Waals surface area contributed by atoms with Gasteiger partial charge in [-0.25, -0.2) is 4.98 Å². The second-order valence-electron chi connectivity index (χ2n) is 7.93. The number of benzene rings is 2. The normalized spacial score (nSPS) is 17.0. The largest absolute Gasteiger partial charge is 0.341 e. The predicted octanol–water partition coefficient (Wildman–Crippen LogP) is 2.94. The van der Waals surface area contributed by atoms with Gasteiger partial charge in [0.05, 0.1) is 5.92 Å². The number of carbonyl (C=O) groups excluding carboxylic acids is 2. The number of amides is 2. The standard InChI is InChI=1S/C24H27N5O2/c1-3-28-12-13-29(24(31)22-25-16-26-27-22)15-20(23(28)30)14-19-6-4-5-7-21(19)18-10-8-17(2)9-11-18/h4-11,16,20H,3,12-15H2,1-2H3,(H,25,26,27)/t20-/m0/s1. The molecule has 31 heavy (non-hydrogen) atoms. The molecule has 1 aliphatic rings. The Kier molecular flexibility index (Phi) is 6.11. The smallest absolute Gasteiger partial charge is 0.291 e. The van der Waals surface area contributed by atoms with E-state index >= 15 is 0 Å². The summed E-state index contributed by atoms with van der Waals surface area (Å²) in [5.74, 6) is -0.244. The number of aromatic nitrogens is 3. The van der Waals surface area contributed by atoms with Gasteiger partial charge in [0.2, 0.25) is 11.7 Å². The SMILES string of the molecule is CCN1CCN(C(=O)c2ncn[nH]2)C[C@H](Cc2ccccc2-c2ccc(C)cc2)C1=O. The molecule has 2 amide bonds.